The number of nitrogens with zero attached hydrogens (tertiary/aromatic N) is 1. The number of fused-ring (bicyclic) bond motifs is 1. The minimum atomic E-state index is -2.75. The van der Waals surface area contributed by atoms with E-state index in [1.807, 2.05) is 0 Å². The largest absolute Gasteiger partial charge is 0.265 e. The van der Waals surface area contributed by atoms with Crippen molar-refractivity contribution in [1.82, 2.24) is 0 Å². The summed E-state index contributed by atoms with van der Waals surface area (Å²) in [6.07, 6.45) is 1.81. The van der Waals surface area contributed by atoms with Crippen molar-refractivity contribution in [2.45, 2.75) is 11.3 Å². The van der Waals surface area contributed by atoms with E-state index in [9.17, 15) is 13.2 Å². The van der Waals surface area contributed by atoms with Crippen molar-refractivity contribution in [3.8, 4) is 6.07 Å². The molecule has 0 bridgehead atoms. The molecule has 56 valence electrons. The van der Waals surface area contributed by atoms with Crippen LogP contribution in [0.15, 0.2) is 23.6 Å². The van der Waals surface area contributed by atoms with Gasteiger partial charge in [0.25, 0.3) is 5.67 Å². The highest BCUT2D eigenvalue weighted by Crippen LogP contribution is 2.66. The van der Waals surface area contributed by atoms with Gasteiger partial charge in [0.2, 0.25) is 5.67 Å². The molecule has 0 aliphatic heterocycles. The molecule has 0 spiro atoms. The number of allylic oxidation sites excluding steroid dienone is 4. The molecule has 2 rings (SSSR count). The van der Waals surface area contributed by atoms with Gasteiger partial charge in [0.1, 0.15) is 11.9 Å². The smallest absolute Gasteiger partial charge is 0.226 e. The fourth-order valence-corrected chi connectivity index (χ4v) is 1.30. The Morgan fingerprint density at radius 2 is 2.00 bits per heavy atom. The second-order valence-corrected chi connectivity index (χ2v) is 2.52. The van der Waals surface area contributed by atoms with Crippen LogP contribution in [-0.4, -0.2) is 11.3 Å². The zero-order chi connectivity index (χ0) is 8.28. The fraction of sp³-hybridized carbons (Fsp3) is 0.286. The van der Waals surface area contributed by atoms with Gasteiger partial charge in [-0.3, -0.25) is 0 Å². The van der Waals surface area contributed by atoms with Crippen LogP contribution in [0.4, 0.5) is 13.2 Å². The summed E-state index contributed by atoms with van der Waals surface area (Å²) in [5.74, 6) is -1.21. The molecule has 1 fully saturated rings. The van der Waals surface area contributed by atoms with Crippen LogP contribution in [0.5, 0.6) is 0 Å². The molecule has 2 aliphatic rings. The number of rotatable bonds is 0. The monoisotopic (exact) mass is 157 g/mol. The van der Waals surface area contributed by atoms with Crippen LogP contribution < -0.4 is 0 Å². The minimum absolute atomic E-state index is 0.412. The van der Waals surface area contributed by atoms with E-state index in [-0.39, 0.29) is 0 Å². The van der Waals surface area contributed by atoms with E-state index in [1.54, 1.807) is 0 Å². The molecule has 2 atom stereocenters. The molecule has 11 heavy (non-hydrogen) atoms. The second-order valence-electron chi connectivity index (χ2n) is 2.52. The van der Waals surface area contributed by atoms with Crippen molar-refractivity contribution in [2.75, 3.05) is 0 Å². The quantitative estimate of drug-likeness (QED) is 0.525. The van der Waals surface area contributed by atoms with Gasteiger partial charge in [0.05, 0.1) is 0 Å². The van der Waals surface area contributed by atoms with Gasteiger partial charge in [-0.2, -0.15) is 5.26 Å². The lowest BCUT2D eigenvalue weighted by Crippen LogP contribution is -2.15. The first kappa shape index (κ1) is 6.47. The zero-order valence-corrected chi connectivity index (χ0v) is 5.24. The molecule has 0 N–H and O–H groups in total. The van der Waals surface area contributed by atoms with Gasteiger partial charge in [-0.05, 0) is 6.08 Å². The van der Waals surface area contributed by atoms with Crippen molar-refractivity contribution >= 4 is 0 Å². The molecule has 2 unspecified atom stereocenters. The lowest BCUT2D eigenvalue weighted by atomic mass is 10.2. The molecular formula is C7H2F3N. The molecular weight excluding hydrogens is 155 g/mol. The lowest BCUT2D eigenvalue weighted by molar-refractivity contribution is 0.214. The number of nitriles is 1. The maximum Gasteiger partial charge on any atom is 0.265 e. The molecule has 0 aromatic carbocycles. The number of halogens is 3. The minimum Gasteiger partial charge on any atom is -0.226 e. The Balaban J connectivity index is 2.52. The molecule has 1 saturated carbocycles. The first-order valence-corrected chi connectivity index (χ1v) is 2.95. The molecule has 0 amide bonds. The highest BCUT2D eigenvalue weighted by Gasteiger charge is 2.82. The predicted octanol–water partition coefficient (Wildman–Crippen LogP) is 1.73. The average Bonchev–Trinajstić information content (AvgIpc) is 2.27. The van der Waals surface area contributed by atoms with Crippen LogP contribution in [0.1, 0.15) is 0 Å². The predicted molar refractivity (Wildman–Crippen MR) is 30.6 cm³/mol. The number of hydrogen-bond donors (Lipinski definition) is 0. The summed E-state index contributed by atoms with van der Waals surface area (Å²) in [7, 11) is 0. The second kappa shape index (κ2) is 1.35. The molecule has 1 nitrogen and oxygen atoms in total. The maximum absolute atomic E-state index is 13.0. The standard InChI is InChI=1S/C7H2F3N/c8-5-2-1-4-6(9,3-11)7(4,5)10/h1-2H. The van der Waals surface area contributed by atoms with Crippen molar-refractivity contribution < 1.29 is 13.2 Å². The topological polar surface area (TPSA) is 23.8 Å². The SMILES string of the molecule is N#CC1(F)C2=CC=C(F)C21F. The van der Waals surface area contributed by atoms with Crippen molar-refractivity contribution in [3.63, 3.8) is 0 Å². The van der Waals surface area contributed by atoms with Crippen LogP contribution in [-0.2, 0) is 0 Å². The number of hydrogen-bond acceptors (Lipinski definition) is 1. The normalized spacial score (nSPS) is 45.6. The molecule has 0 aromatic heterocycles. The maximum atomic E-state index is 13.0. The van der Waals surface area contributed by atoms with Crippen molar-refractivity contribution in [3.05, 3.63) is 23.6 Å². The Hall–Kier alpha value is -1.24. The zero-order valence-electron chi connectivity index (χ0n) is 5.24. The fourth-order valence-electron chi connectivity index (χ4n) is 1.30. The Kier molecular flexibility index (Phi) is 0.795. The van der Waals surface area contributed by atoms with E-state index in [4.69, 9.17) is 5.26 Å². The summed E-state index contributed by atoms with van der Waals surface area (Å²) in [4.78, 5) is 0. The van der Waals surface area contributed by atoms with E-state index in [0.717, 1.165) is 18.2 Å². The molecule has 0 radical (unpaired) electrons. The third kappa shape index (κ3) is 0.397. The van der Waals surface area contributed by atoms with Crippen LogP contribution in [0, 0.1) is 11.3 Å². The third-order valence-corrected chi connectivity index (χ3v) is 2.03. The molecule has 4 heteroatoms. The van der Waals surface area contributed by atoms with E-state index >= 15 is 0 Å². The summed E-state index contributed by atoms with van der Waals surface area (Å²) >= 11 is 0. The molecule has 2 aliphatic carbocycles. The lowest BCUT2D eigenvalue weighted by Gasteiger charge is -1.99. The van der Waals surface area contributed by atoms with Gasteiger partial charge in [0, 0.05) is 5.57 Å². The first-order chi connectivity index (χ1) is 5.07. The summed E-state index contributed by atoms with van der Waals surface area (Å²) in [5.41, 5.74) is -5.89. The van der Waals surface area contributed by atoms with Crippen molar-refractivity contribution in [1.29, 1.82) is 5.26 Å². The Labute approximate surface area is 60.4 Å². The van der Waals surface area contributed by atoms with E-state index in [1.165, 1.54) is 0 Å². The van der Waals surface area contributed by atoms with Crippen LogP contribution in [0.25, 0.3) is 0 Å². The average molecular weight is 157 g/mol. The highest BCUT2D eigenvalue weighted by molar-refractivity contribution is 5.70. The van der Waals surface area contributed by atoms with Crippen LogP contribution in [0.3, 0.4) is 0 Å². The van der Waals surface area contributed by atoms with Gasteiger partial charge in [-0.25, -0.2) is 13.2 Å². The van der Waals surface area contributed by atoms with Gasteiger partial charge >= 0.3 is 0 Å². The van der Waals surface area contributed by atoms with Crippen LogP contribution in [0.2, 0.25) is 0 Å². The highest BCUT2D eigenvalue weighted by atomic mass is 19.2. The Bertz CT molecular complexity index is 338. The van der Waals surface area contributed by atoms with Gasteiger partial charge < -0.3 is 0 Å². The van der Waals surface area contributed by atoms with Gasteiger partial charge in [0.15, 0.2) is 0 Å². The first-order valence-electron chi connectivity index (χ1n) is 2.95. The summed E-state index contributed by atoms with van der Waals surface area (Å²) in [6, 6.07) is 1.10. The summed E-state index contributed by atoms with van der Waals surface area (Å²) in [5, 5.41) is 8.15. The van der Waals surface area contributed by atoms with Gasteiger partial charge in [-0.15, -0.1) is 0 Å². The summed E-state index contributed by atoms with van der Waals surface area (Å²) in [6.45, 7) is 0. The van der Waals surface area contributed by atoms with Crippen LogP contribution >= 0.6 is 0 Å². The molecule has 0 aromatic rings. The molecule has 0 saturated heterocycles. The molecule has 0 heterocycles. The Morgan fingerprint density at radius 3 is 2.27 bits per heavy atom. The number of alkyl halides is 2. The van der Waals surface area contributed by atoms with E-state index in [2.05, 4.69) is 0 Å². The van der Waals surface area contributed by atoms with E-state index in [0.29, 0.717) is 0 Å². The van der Waals surface area contributed by atoms with Gasteiger partial charge in [-0.1, -0.05) is 6.08 Å². The third-order valence-electron chi connectivity index (χ3n) is 2.03. The van der Waals surface area contributed by atoms with Crippen molar-refractivity contribution in [2.24, 2.45) is 0 Å². The summed E-state index contributed by atoms with van der Waals surface area (Å²) < 4.78 is 38.4. The Morgan fingerprint density at radius 1 is 1.36 bits per heavy atom. The van der Waals surface area contributed by atoms with E-state index < -0.39 is 22.7 Å².